The van der Waals surface area contributed by atoms with Crippen LogP contribution in [-0.2, 0) is 16.5 Å². The number of rotatable bonds is 3. The maximum atomic E-state index is 12.5. The Kier molecular flexibility index (Phi) is 4.04. The van der Waals surface area contributed by atoms with Crippen LogP contribution in [-0.4, -0.2) is 53.4 Å². The van der Waals surface area contributed by atoms with E-state index >= 15 is 0 Å². The summed E-state index contributed by atoms with van der Waals surface area (Å²) in [4.78, 5) is 14.4. The van der Waals surface area contributed by atoms with E-state index < -0.39 is 0 Å². The van der Waals surface area contributed by atoms with Gasteiger partial charge in [-0.15, -0.1) is 0 Å². The van der Waals surface area contributed by atoms with Gasteiger partial charge in [-0.2, -0.15) is 0 Å². The Morgan fingerprint density at radius 2 is 2.24 bits per heavy atom. The van der Waals surface area contributed by atoms with Crippen molar-refractivity contribution in [2.24, 2.45) is 7.05 Å². The molecule has 3 heterocycles. The van der Waals surface area contributed by atoms with Gasteiger partial charge in [0.05, 0.1) is 18.3 Å². The van der Waals surface area contributed by atoms with Crippen LogP contribution in [0.5, 0.6) is 0 Å². The molecule has 1 unspecified atom stereocenters. The lowest BCUT2D eigenvalue weighted by Crippen LogP contribution is -2.47. The summed E-state index contributed by atoms with van der Waals surface area (Å²) in [6.07, 6.45) is 4.92. The standard InChI is InChI=1S/C16H24N2O3/c1-3-20-13-11-16(21-12-13)6-9-18(10-7-16)15(19)14-5-4-8-17(14)2/h4-5,8,13H,3,6-7,9-12H2,1-2H3. The Labute approximate surface area is 125 Å². The number of nitrogens with zero attached hydrogens (tertiary/aromatic N) is 2. The minimum Gasteiger partial charge on any atom is -0.376 e. The third-order valence-electron chi connectivity index (χ3n) is 4.70. The van der Waals surface area contributed by atoms with Crippen molar-refractivity contribution in [2.45, 2.75) is 37.9 Å². The molecule has 1 atom stereocenters. The Balaban J connectivity index is 1.58. The fourth-order valence-electron chi connectivity index (χ4n) is 3.46. The fraction of sp³-hybridized carbons (Fsp3) is 0.688. The van der Waals surface area contributed by atoms with Crippen molar-refractivity contribution in [1.29, 1.82) is 0 Å². The van der Waals surface area contributed by atoms with E-state index in [2.05, 4.69) is 0 Å². The number of ether oxygens (including phenoxy) is 2. The molecule has 1 aromatic heterocycles. The van der Waals surface area contributed by atoms with Crippen molar-refractivity contribution in [1.82, 2.24) is 9.47 Å². The number of hydrogen-bond acceptors (Lipinski definition) is 3. The molecule has 0 N–H and O–H groups in total. The predicted octanol–water partition coefficient (Wildman–Crippen LogP) is 1.83. The zero-order valence-electron chi connectivity index (χ0n) is 12.9. The Morgan fingerprint density at radius 3 is 2.86 bits per heavy atom. The van der Waals surface area contributed by atoms with Gasteiger partial charge in [0.1, 0.15) is 5.69 Å². The van der Waals surface area contributed by atoms with E-state index in [0.29, 0.717) is 6.61 Å². The van der Waals surface area contributed by atoms with Crippen molar-refractivity contribution >= 4 is 5.91 Å². The van der Waals surface area contributed by atoms with Gasteiger partial charge in [0, 0.05) is 39.4 Å². The molecular weight excluding hydrogens is 268 g/mol. The lowest BCUT2D eigenvalue weighted by molar-refractivity contribution is -0.0408. The number of aromatic nitrogens is 1. The van der Waals surface area contributed by atoms with Crippen molar-refractivity contribution in [3.8, 4) is 0 Å². The molecular formula is C16H24N2O3. The second-order valence-corrected chi connectivity index (χ2v) is 6.07. The number of amides is 1. The highest BCUT2D eigenvalue weighted by molar-refractivity contribution is 5.92. The van der Waals surface area contributed by atoms with E-state index in [1.165, 1.54) is 0 Å². The first kappa shape index (κ1) is 14.6. The summed E-state index contributed by atoms with van der Waals surface area (Å²) in [5, 5.41) is 0. The van der Waals surface area contributed by atoms with Crippen molar-refractivity contribution in [3.05, 3.63) is 24.0 Å². The summed E-state index contributed by atoms with van der Waals surface area (Å²) in [6, 6.07) is 3.79. The van der Waals surface area contributed by atoms with E-state index in [1.54, 1.807) is 0 Å². The highest BCUT2D eigenvalue weighted by Gasteiger charge is 2.43. The summed E-state index contributed by atoms with van der Waals surface area (Å²) in [7, 11) is 1.91. The van der Waals surface area contributed by atoms with Gasteiger partial charge in [-0.1, -0.05) is 0 Å². The molecule has 0 bridgehead atoms. The smallest absolute Gasteiger partial charge is 0.270 e. The zero-order valence-corrected chi connectivity index (χ0v) is 12.9. The monoisotopic (exact) mass is 292 g/mol. The molecule has 0 radical (unpaired) electrons. The van der Waals surface area contributed by atoms with Crippen LogP contribution in [0.25, 0.3) is 0 Å². The highest BCUT2D eigenvalue weighted by Crippen LogP contribution is 2.37. The lowest BCUT2D eigenvalue weighted by atomic mass is 9.88. The molecule has 1 aromatic rings. The van der Waals surface area contributed by atoms with E-state index in [0.717, 1.165) is 44.7 Å². The maximum Gasteiger partial charge on any atom is 0.270 e. The van der Waals surface area contributed by atoms with Crippen LogP contribution in [0, 0.1) is 0 Å². The van der Waals surface area contributed by atoms with Gasteiger partial charge in [-0.25, -0.2) is 0 Å². The number of carbonyl (C=O) groups is 1. The molecule has 1 amide bonds. The Hall–Kier alpha value is -1.33. The highest BCUT2D eigenvalue weighted by atomic mass is 16.6. The quantitative estimate of drug-likeness (QED) is 0.853. The van der Waals surface area contributed by atoms with Crippen LogP contribution in [0.1, 0.15) is 36.7 Å². The average Bonchev–Trinajstić information content (AvgIpc) is 3.07. The molecule has 2 aliphatic rings. The third-order valence-corrected chi connectivity index (χ3v) is 4.70. The summed E-state index contributed by atoms with van der Waals surface area (Å²) in [5.41, 5.74) is 0.690. The van der Waals surface area contributed by atoms with Crippen LogP contribution in [0.15, 0.2) is 18.3 Å². The first-order valence-electron chi connectivity index (χ1n) is 7.80. The molecule has 3 rings (SSSR count). The summed E-state index contributed by atoms with van der Waals surface area (Å²) < 4.78 is 13.6. The first-order chi connectivity index (χ1) is 10.1. The van der Waals surface area contributed by atoms with Crippen molar-refractivity contribution in [3.63, 3.8) is 0 Å². The van der Waals surface area contributed by atoms with Gasteiger partial charge in [-0.05, 0) is 31.9 Å². The van der Waals surface area contributed by atoms with Gasteiger partial charge < -0.3 is 18.9 Å². The van der Waals surface area contributed by atoms with Crippen LogP contribution in [0.4, 0.5) is 0 Å². The van der Waals surface area contributed by atoms with Crippen LogP contribution in [0.3, 0.4) is 0 Å². The molecule has 0 aliphatic carbocycles. The van der Waals surface area contributed by atoms with Gasteiger partial charge in [0.25, 0.3) is 5.91 Å². The van der Waals surface area contributed by atoms with E-state index in [1.807, 2.05) is 41.8 Å². The molecule has 21 heavy (non-hydrogen) atoms. The summed E-state index contributed by atoms with van der Waals surface area (Å²) in [5.74, 6) is 0.122. The Bertz CT molecular complexity index is 503. The molecule has 1 spiro atoms. The largest absolute Gasteiger partial charge is 0.376 e. The first-order valence-corrected chi connectivity index (χ1v) is 7.80. The normalized spacial score (nSPS) is 24.7. The topological polar surface area (TPSA) is 43.7 Å². The molecule has 2 fully saturated rings. The number of likely N-dealkylation sites (tertiary alicyclic amines) is 1. The van der Waals surface area contributed by atoms with Crippen LogP contribution >= 0.6 is 0 Å². The zero-order chi connectivity index (χ0) is 14.9. The second kappa shape index (κ2) is 5.81. The van der Waals surface area contributed by atoms with E-state index in [-0.39, 0.29) is 17.6 Å². The fourth-order valence-corrected chi connectivity index (χ4v) is 3.46. The number of piperidine rings is 1. The molecule has 5 heteroatoms. The number of hydrogen-bond donors (Lipinski definition) is 0. The number of carbonyl (C=O) groups excluding carboxylic acids is 1. The van der Waals surface area contributed by atoms with Crippen LogP contribution in [0.2, 0.25) is 0 Å². The minimum absolute atomic E-state index is 0.0647. The predicted molar refractivity (Wildman–Crippen MR) is 79.3 cm³/mol. The average molecular weight is 292 g/mol. The summed E-state index contributed by atoms with van der Waals surface area (Å²) in [6.45, 7) is 4.99. The lowest BCUT2D eigenvalue weighted by Gasteiger charge is -2.38. The van der Waals surface area contributed by atoms with Gasteiger partial charge in [-0.3, -0.25) is 4.79 Å². The molecule has 0 aromatic carbocycles. The molecule has 2 saturated heterocycles. The van der Waals surface area contributed by atoms with Crippen LogP contribution < -0.4 is 0 Å². The minimum atomic E-state index is -0.0647. The molecule has 0 saturated carbocycles. The van der Waals surface area contributed by atoms with E-state index in [9.17, 15) is 4.79 Å². The second-order valence-electron chi connectivity index (χ2n) is 6.07. The SMILES string of the molecule is CCOC1COC2(CCN(C(=O)c3cccn3C)CC2)C1. The van der Waals surface area contributed by atoms with E-state index in [4.69, 9.17) is 9.47 Å². The molecule has 5 nitrogen and oxygen atoms in total. The van der Waals surface area contributed by atoms with Crippen molar-refractivity contribution < 1.29 is 14.3 Å². The molecule has 116 valence electrons. The summed E-state index contributed by atoms with van der Waals surface area (Å²) >= 11 is 0. The van der Waals surface area contributed by atoms with Gasteiger partial charge in [0.15, 0.2) is 0 Å². The van der Waals surface area contributed by atoms with Crippen molar-refractivity contribution in [2.75, 3.05) is 26.3 Å². The maximum absolute atomic E-state index is 12.5. The van der Waals surface area contributed by atoms with Gasteiger partial charge in [0.2, 0.25) is 0 Å². The third kappa shape index (κ3) is 2.85. The number of aryl methyl sites for hydroxylation is 1. The van der Waals surface area contributed by atoms with Gasteiger partial charge >= 0.3 is 0 Å². The Morgan fingerprint density at radius 1 is 1.48 bits per heavy atom. The molecule has 2 aliphatic heterocycles.